The lowest BCUT2D eigenvalue weighted by Crippen LogP contribution is -2.06. The van der Waals surface area contributed by atoms with Gasteiger partial charge in [-0.3, -0.25) is 4.57 Å². The van der Waals surface area contributed by atoms with E-state index in [0.29, 0.717) is 17.6 Å². The largest absolute Gasteiger partial charge is 0.455 e. The maximum atomic E-state index is 6.64. The Morgan fingerprint density at radius 1 is 0.471 bits per heavy atom. The predicted octanol–water partition coefficient (Wildman–Crippen LogP) is 12.2. The summed E-state index contributed by atoms with van der Waals surface area (Å²) in [7, 11) is 0. The summed E-state index contributed by atoms with van der Waals surface area (Å²) in [6, 6.07) is 54.9. The molecule has 4 heterocycles. The number of hydrogen-bond donors (Lipinski definition) is 0. The number of furan rings is 1. The number of thiophene rings is 1. The van der Waals surface area contributed by atoms with Crippen LogP contribution in [0, 0.1) is 0 Å². The van der Waals surface area contributed by atoms with Crippen LogP contribution in [0.4, 0.5) is 0 Å². The summed E-state index contributed by atoms with van der Waals surface area (Å²) in [5.74, 6) is 1.81. The SMILES string of the molecule is c1ccc(-c2ccc3c4c5oc6ccccc6c5ccc4n(-c4nc(-c5ccccc5)nc(-c5cccc6c5sc5ccccc56)n4)c3c2)cc1. The van der Waals surface area contributed by atoms with Gasteiger partial charge >= 0.3 is 0 Å². The Morgan fingerprint density at radius 2 is 1.18 bits per heavy atom. The number of hydrogen-bond acceptors (Lipinski definition) is 5. The van der Waals surface area contributed by atoms with Gasteiger partial charge in [-0.05, 0) is 47.5 Å². The lowest BCUT2D eigenvalue weighted by molar-refractivity contribution is 0.673. The fourth-order valence-corrected chi connectivity index (χ4v) is 8.75. The second-order valence-corrected chi connectivity index (χ2v) is 13.8. The van der Waals surface area contributed by atoms with Crippen molar-refractivity contribution in [1.82, 2.24) is 19.5 Å². The van der Waals surface area contributed by atoms with E-state index in [1.807, 2.05) is 36.4 Å². The third kappa shape index (κ3) is 4.30. The Kier molecular flexibility index (Phi) is 6.05. The van der Waals surface area contributed by atoms with Crippen molar-refractivity contribution in [2.75, 3.05) is 0 Å². The molecular weight excluding hydrogens is 645 g/mol. The van der Waals surface area contributed by atoms with Crippen LogP contribution in [0.3, 0.4) is 0 Å². The number of para-hydroxylation sites is 1. The van der Waals surface area contributed by atoms with Gasteiger partial charge in [0.1, 0.15) is 11.2 Å². The minimum Gasteiger partial charge on any atom is -0.455 e. The van der Waals surface area contributed by atoms with Crippen molar-refractivity contribution in [2.24, 2.45) is 0 Å². The molecule has 0 spiro atoms. The van der Waals surface area contributed by atoms with Gasteiger partial charge in [-0.25, -0.2) is 4.98 Å². The molecule has 7 aromatic carbocycles. The molecule has 51 heavy (non-hydrogen) atoms. The molecule has 0 aliphatic carbocycles. The zero-order valence-electron chi connectivity index (χ0n) is 27.1. The van der Waals surface area contributed by atoms with E-state index >= 15 is 0 Å². The standard InChI is InChI=1S/C45H26N4OS/c1-3-12-27(13-4-1)29-22-23-34-37(26-29)49(36-25-24-32-30-16-7-9-20-38(30)50-41(32)40(34)36)45-47-43(28-14-5-2-6-15-28)46-44(48-45)35-19-11-18-33-31-17-8-10-21-39(31)51-42(33)35/h1-26H. The van der Waals surface area contributed by atoms with Crippen LogP contribution in [0.5, 0.6) is 0 Å². The summed E-state index contributed by atoms with van der Waals surface area (Å²) < 4.78 is 11.2. The molecule has 0 aliphatic heterocycles. The highest BCUT2D eigenvalue weighted by Gasteiger charge is 2.23. The molecule has 0 amide bonds. The minimum atomic E-state index is 0.553. The Hall–Kier alpha value is -6.63. The van der Waals surface area contributed by atoms with Crippen molar-refractivity contribution in [2.45, 2.75) is 0 Å². The molecule has 0 bridgehead atoms. The molecule has 11 aromatic rings. The van der Waals surface area contributed by atoms with Crippen molar-refractivity contribution in [3.8, 4) is 39.9 Å². The fourth-order valence-electron chi connectivity index (χ4n) is 7.53. The van der Waals surface area contributed by atoms with E-state index in [2.05, 4.69) is 126 Å². The first kappa shape index (κ1) is 28.2. The Balaban J connectivity index is 1.26. The molecule has 0 saturated heterocycles. The van der Waals surface area contributed by atoms with Gasteiger partial charge in [-0.2, -0.15) is 9.97 Å². The number of aromatic nitrogens is 4. The van der Waals surface area contributed by atoms with Crippen LogP contribution in [0.25, 0.3) is 104 Å². The highest BCUT2D eigenvalue weighted by atomic mass is 32.1. The van der Waals surface area contributed by atoms with E-state index in [0.717, 1.165) is 70.7 Å². The Morgan fingerprint density at radius 3 is 2.04 bits per heavy atom. The van der Waals surface area contributed by atoms with Gasteiger partial charge in [0.2, 0.25) is 5.95 Å². The van der Waals surface area contributed by atoms with E-state index < -0.39 is 0 Å². The first-order valence-electron chi connectivity index (χ1n) is 16.9. The Labute approximate surface area is 295 Å². The van der Waals surface area contributed by atoms with Gasteiger partial charge in [0, 0.05) is 47.5 Å². The minimum absolute atomic E-state index is 0.553. The summed E-state index contributed by atoms with van der Waals surface area (Å²) in [6.07, 6.45) is 0. The van der Waals surface area contributed by atoms with Crippen LogP contribution in [-0.2, 0) is 0 Å². The molecule has 238 valence electrons. The molecule has 0 fully saturated rings. The van der Waals surface area contributed by atoms with Gasteiger partial charge in [0.05, 0.1) is 16.4 Å². The summed E-state index contributed by atoms with van der Waals surface area (Å²) in [5, 5.41) is 6.73. The number of benzene rings is 7. The van der Waals surface area contributed by atoms with Crippen molar-refractivity contribution in [3.05, 3.63) is 158 Å². The molecule has 0 radical (unpaired) electrons. The predicted molar refractivity (Wildman–Crippen MR) is 211 cm³/mol. The molecule has 4 aromatic heterocycles. The summed E-state index contributed by atoms with van der Waals surface area (Å²) in [5.41, 5.74) is 7.86. The van der Waals surface area contributed by atoms with Crippen LogP contribution in [0.15, 0.2) is 162 Å². The number of rotatable bonds is 4. The summed E-state index contributed by atoms with van der Waals surface area (Å²) in [6.45, 7) is 0. The van der Waals surface area contributed by atoms with Crippen molar-refractivity contribution >= 4 is 75.3 Å². The third-order valence-corrected chi connectivity index (χ3v) is 11.1. The third-order valence-electron chi connectivity index (χ3n) is 9.88. The van der Waals surface area contributed by atoms with E-state index in [1.54, 1.807) is 11.3 Å². The van der Waals surface area contributed by atoms with Crippen LogP contribution < -0.4 is 0 Å². The second-order valence-electron chi connectivity index (χ2n) is 12.8. The average Bonchev–Trinajstić information content (AvgIpc) is 3.87. The summed E-state index contributed by atoms with van der Waals surface area (Å²) in [4.78, 5) is 15.7. The summed E-state index contributed by atoms with van der Waals surface area (Å²) >= 11 is 1.78. The van der Waals surface area contributed by atoms with Gasteiger partial charge in [-0.15, -0.1) is 11.3 Å². The van der Waals surface area contributed by atoms with Crippen LogP contribution in [0.2, 0.25) is 0 Å². The average molecular weight is 671 g/mol. The maximum absolute atomic E-state index is 6.64. The van der Waals surface area contributed by atoms with Crippen molar-refractivity contribution < 1.29 is 4.42 Å². The van der Waals surface area contributed by atoms with E-state index in [9.17, 15) is 0 Å². The molecule has 0 aliphatic rings. The highest BCUT2D eigenvalue weighted by molar-refractivity contribution is 7.26. The molecule has 0 saturated carbocycles. The lowest BCUT2D eigenvalue weighted by Gasteiger charge is -2.12. The van der Waals surface area contributed by atoms with Crippen LogP contribution in [0.1, 0.15) is 0 Å². The first-order valence-corrected chi connectivity index (χ1v) is 17.8. The van der Waals surface area contributed by atoms with Gasteiger partial charge in [0.15, 0.2) is 11.6 Å². The first-order chi connectivity index (χ1) is 25.3. The maximum Gasteiger partial charge on any atom is 0.238 e. The van der Waals surface area contributed by atoms with E-state index in [-0.39, 0.29) is 0 Å². The van der Waals surface area contributed by atoms with Crippen LogP contribution >= 0.6 is 11.3 Å². The molecule has 0 atom stereocenters. The monoisotopic (exact) mass is 670 g/mol. The van der Waals surface area contributed by atoms with E-state index in [4.69, 9.17) is 19.4 Å². The smallest absolute Gasteiger partial charge is 0.238 e. The molecule has 0 N–H and O–H groups in total. The van der Waals surface area contributed by atoms with Crippen molar-refractivity contribution in [1.29, 1.82) is 0 Å². The highest BCUT2D eigenvalue weighted by Crippen LogP contribution is 2.43. The zero-order valence-corrected chi connectivity index (χ0v) is 27.9. The molecule has 0 unspecified atom stereocenters. The molecule has 5 nitrogen and oxygen atoms in total. The number of fused-ring (bicyclic) bond motifs is 10. The molecular formula is C45H26N4OS. The topological polar surface area (TPSA) is 56.7 Å². The molecule has 6 heteroatoms. The lowest BCUT2D eigenvalue weighted by atomic mass is 10.0. The molecule has 11 rings (SSSR count). The van der Waals surface area contributed by atoms with Crippen LogP contribution in [-0.4, -0.2) is 19.5 Å². The zero-order chi connectivity index (χ0) is 33.5. The van der Waals surface area contributed by atoms with E-state index in [1.165, 1.54) is 15.5 Å². The fraction of sp³-hybridized carbons (Fsp3) is 0. The van der Waals surface area contributed by atoms with Gasteiger partial charge < -0.3 is 4.42 Å². The van der Waals surface area contributed by atoms with Gasteiger partial charge in [-0.1, -0.05) is 121 Å². The number of nitrogens with zero attached hydrogens (tertiary/aromatic N) is 4. The quantitative estimate of drug-likeness (QED) is 0.187. The Bertz CT molecular complexity index is 3140. The normalized spacial score (nSPS) is 11.9. The second kappa shape index (κ2) is 10.9. The van der Waals surface area contributed by atoms with Crippen molar-refractivity contribution in [3.63, 3.8) is 0 Å². The van der Waals surface area contributed by atoms with Gasteiger partial charge in [0.25, 0.3) is 0 Å².